The standard InChI is InChI=1S/C8H18BBr/c9-7-5-3-1-2-4-6-8-10/h1-9H2. The van der Waals surface area contributed by atoms with Crippen molar-refractivity contribution >= 4 is 23.8 Å². The molecule has 0 saturated heterocycles. The molecule has 0 aliphatic rings. The van der Waals surface area contributed by atoms with Crippen LogP contribution in [0.4, 0.5) is 0 Å². The highest BCUT2D eigenvalue weighted by molar-refractivity contribution is 9.09. The molecule has 0 aliphatic carbocycles. The number of hydrogen-bond acceptors (Lipinski definition) is 0. The molecule has 0 N–H and O–H groups in total. The average molecular weight is 205 g/mol. The van der Waals surface area contributed by atoms with Gasteiger partial charge in [0.2, 0.25) is 0 Å². The Morgan fingerprint density at radius 2 is 1.30 bits per heavy atom. The second-order valence-corrected chi connectivity index (χ2v) is 3.60. The summed E-state index contributed by atoms with van der Waals surface area (Å²) in [4.78, 5) is 0. The van der Waals surface area contributed by atoms with E-state index in [0.29, 0.717) is 0 Å². The summed E-state index contributed by atoms with van der Waals surface area (Å²) >= 11 is 3.43. The minimum Gasteiger partial charge on any atom is -0.0928 e. The zero-order chi connectivity index (χ0) is 7.66. The van der Waals surface area contributed by atoms with Gasteiger partial charge < -0.3 is 0 Å². The van der Waals surface area contributed by atoms with Gasteiger partial charge in [0.15, 0.2) is 0 Å². The molecule has 0 rings (SSSR count). The van der Waals surface area contributed by atoms with Gasteiger partial charge in [0.05, 0.1) is 0 Å². The van der Waals surface area contributed by atoms with Crippen LogP contribution in [0.15, 0.2) is 0 Å². The molecule has 0 heterocycles. The van der Waals surface area contributed by atoms with Gasteiger partial charge in [-0.25, -0.2) is 0 Å². The Morgan fingerprint density at radius 3 is 1.80 bits per heavy atom. The lowest BCUT2D eigenvalue weighted by molar-refractivity contribution is 0.627. The molecule has 0 aliphatic heterocycles. The van der Waals surface area contributed by atoms with E-state index < -0.39 is 0 Å². The number of alkyl halides is 1. The van der Waals surface area contributed by atoms with E-state index in [9.17, 15) is 0 Å². The SMILES string of the molecule is BCCCCCCCCBr. The molecule has 0 spiro atoms. The Bertz CT molecular complexity index is 49.2. The van der Waals surface area contributed by atoms with E-state index in [1.54, 1.807) is 0 Å². The van der Waals surface area contributed by atoms with E-state index in [-0.39, 0.29) is 0 Å². The first-order valence-electron chi connectivity index (χ1n) is 4.47. The van der Waals surface area contributed by atoms with E-state index in [1.165, 1.54) is 50.2 Å². The van der Waals surface area contributed by atoms with E-state index in [2.05, 4.69) is 23.8 Å². The number of halogens is 1. The third kappa shape index (κ3) is 8.54. The van der Waals surface area contributed by atoms with E-state index >= 15 is 0 Å². The second kappa shape index (κ2) is 9.54. The number of hydrogen-bond donors (Lipinski definition) is 0. The minimum absolute atomic E-state index is 1.18. The summed E-state index contributed by atoms with van der Waals surface area (Å²) in [6.07, 6.45) is 9.87. The first-order chi connectivity index (χ1) is 4.91. The van der Waals surface area contributed by atoms with Gasteiger partial charge >= 0.3 is 0 Å². The maximum absolute atomic E-state index is 3.43. The average Bonchev–Trinajstić information content (AvgIpc) is 1.97. The van der Waals surface area contributed by atoms with E-state index in [1.807, 2.05) is 0 Å². The van der Waals surface area contributed by atoms with Crippen molar-refractivity contribution < 1.29 is 0 Å². The lowest BCUT2D eigenvalue weighted by Crippen LogP contribution is -1.79. The predicted octanol–water partition coefficient (Wildman–Crippen LogP) is 2.77. The summed E-state index contributed by atoms with van der Waals surface area (Å²) in [5.41, 5.74) is 0. The van der Waals surface area contributed by atoms with Gasteiger partial charge in [-0.1, -0.05) is 54.4 Å². The third-order valence-electron chi connectivity index (χ3n) is 1.74. The monoisotopic (exact) mass is 204 g/mol. The molecule has 0 nitrogen and oxygen atoms in total. The quantitative estimate of drug-likeness (QED) is 0.340. The van der Waals surface area contributed by atoms with Crippen molar-refractivity contribution in [2.45, 2.75) is 44.8 Å². The molecule has 0 aromatic rings. The smallest absolute Gasteiger partial charge is 0.0928 e. The van der Waals surface area contributed by atoms with Gasteiger partial charge in [-0.3, -0.25) is 0 Å². The fourth-order valence-electron chi connectivity index (χ4n) is 1.05. The van der Waals surface area contributed by atoms with Crippen molar-refractivity contribution in [1.29, 1.82) is 0 Å². The molecule has 0 aromatic carbocycles. The normalized spacial score (nSPS) is 10.1. The Hall–Kier alpha value is 0.545. The van der Waals surface area contributed by atoms with Crippen molar-refractivity contribution in [1.82, 2.24) is 0 Å². The topological polar surface area (TPSA) is 0 Å². The lowest BCUT2D eigenvalue weighted by Gasteiger charge is -1.97. The van der Waals surface area contributed by atoms with Crippen molar-refractivity contribution in [3.8, 4) is 0 Å². The highest BCUT2D eigenvalue weighted by Crippen LogP contribution is 2.06. The molecule has 60 valence electrons. The highest BCUT2D eigenvalue weighted by Gasteiger charge is 1.88. The Balaban J connectivity index is 2.65. The lowest BCUT2D eigenvalue weighted by atomic mass is 9.98. The molecule has 0 aromatic heterocycles. The molecule has 0 unspecified atom stereocenters. The van der Waals surface area contributed by atoms with Crippen LogP contribution in [0.1, 0.15) is 38.5 Å². The first-order valence-corrected chi connectivity index (χ1v) is 5.60. The van der Waals surface area contributed by atoms with Crippen LogP contribution >= 0.6 is 15.9 Å². The van der Waals surface area contributed by atoms with Gasteiger partial charge in [0, 0.05) is 5.33 Å². The molecule has 0 atom stereocenters. The van der Waals surface area contributed by atoms with Crippen LogP contribution in [0.5, 0.6) is 0 Å². The van der Waals surface area contributed by atoms with E-state index in [4.69, 9.17) is 0 Å². The van der Waals surface area contributed by atoms with Crippen molar-refractivity contribution in [2.24, 2.45) is 0 Å². The summed E-state index contributed by atoms with van der Waals surface area (Å²) in [6.45, 7) is 0. The molecule has 0 radical (unpaired) electrons. The Kier molecular flexibility index (Phi) is 10.1. The zero-order valence-corrected chi connectivity index (χ0v) is 8.62. The van der Waals surface area contributed by atoms with Gasteiger partial charge in [0.1, 0.15) is 7.85 Å². The summed E-state index contributed by atoms with van der Waals surface area (Å²) < 4.78 is 0. The summed E-state index contributed by atoms with van der Waals surface area (Å²) in [5.74, 6) is 0. The summed E-state index contributed by atoms with van der Waals surface area (Å²) in [5, 5.41) is 1.18. The summed E-state index contributed by atoms with van der Waals surface area (Å²) in [7, 11) is 2.26. The minimum atomic E-state index is 1.18. The number of rotatable bonds is 7. The zero-order valence-electron chi connectivity index (χ0n) is 7.03. The number of unbranched alkanes of at least 4 members (excludes halogenated alkanes) is 5. The first kappa shape index (κ1) is 10.5. The van der Waals surface area contributed by atoms with Crippen LogP contribution in [0.2, 0.25) is 6.32 Å². The maximum Gasteiger partial charge on any atom is 0.101 e. The predicted molar refractivity (Wildman–Crippen MR) is 54.8 cm³/mol. The fourth-order valence-corrected chi connectivity index (χ4v) is 1.45. The third-order valence-corrected chi connectivity index (χ3v) is 2.30. The maximum atomic E-state index is 3.43. The second-order valence-electron chi connectivity index (χ2n) is 2.81. The largest absolute Gasteiger partial charge is 0.101 e. The van der Waals surface area contributed by atoms with Gasteiger partial charge in [-0.2, -0.15) is 0 Å². The molecule has 0 fully saturated rings. The fraction of sp³-hybridized carbons (Fsp3) is 1.00. The van der Waals surface area contributed by atoms with Crippen LogP contribution in [-0.2, 0) is 0 Å². The molecule has 0 amide bonds. The summed E-state index contributed by atoms with van der Waals surface area (Å²) in [6, 6.07) is 0. The molecule has 0 saturated carbocycles. The van der Waals surface area contributed by atoms with Crippen molar-refractivity contribution in [3.05, 3.63) is 0 Å². The Labute approximate surface area is 74.3 Å². The molecular weight excluding hydrogens is 187 g/mol. The Morgan fingerprint density at radius 1 is 0.800 bits per heavy atom. The van der Waals surface area contributed by atoms with Crippen LogP contribution in [-0.4, -0.2) is 13.2 Å². The highest BCUT2D eigenvalue weighted by atomic mass is 79.9. The molecule has 2 heteroatoms. The van der Waals surface area contributed by atoms with E-state index in [0.717, 1.165) is 0 Å². The molecule has 0 bridgehead atoms. The van der Waals surface area contributed by atoms with Crippen molar-refractivity contribution in [2.75, 3.05) is 5.33 Å². The van der Waals surface area contributed by atoms with Crippen LogP contribution in [0.25, 0.3) is 0 Å². The van der Waals surface area contributed by atoms with Gasteiger partial charge in [0.25, 0.3) is 0 Å². The van der Waals surface area contributed by atoms with Crippen LogP contribution < -0.4 is 0 Å². The van der Waals surface area contributed by atoms with Gasteiger partial charge in [-0.15, -0.1) is 0 Å². The van der Waals surface area contributed by atoms with Crippen LogP contribution in [0.3, 0.4) is 0 Å². The van der Waals surface area contributed by atoms with Crippen molar-refractivity contribution in [3.63, 3.8) is 0 Å². The van der Waals surface area contributed by atoms with Crippen LogP contribution in [0, 0.1) is 0 Å². The van der Waals surface area contributed by atoms with Gasteiger partial charge in [-0.05, 0) is 6.42 Å². The molecule has 10 heavy (non-hydrogen) atoms. The molecular formula is C8H18BBr.